The zero-order chi connectivity index (χ0) is 19.7. The summed E-state index contributed by atoms with van der Waals surface area (Å²) in [6.45, 7) is 3.77. The fourth-order valence-electron chi connectivity index (χ4n) is 2.92. The van der Waals surface area contributed by atoms with E-state index in [9.17, 15) is 9.59 Å². The highest BCUT2D eigenvalue weighted by molar-refractivity contribution is 7.18. The topological polar surface area (TPSA) is 59.5 Å². The lowest BCUT2D eigenvalue weighted by atomic mass is 10.3. The van der Waals surface area contributed by atoms with E-state index in [1.807, 2.05) is 48.7 Å². The molecular weight excluding hydrogens is 392 g/mol. The molecule has 1 aromatic carbocycles. The Kier molecular flexibility index (Phi) is 5.28. The lowest BCUT2D eigenvalue weighted by molar-refractivity contribution is 0.0986. The number of Topliss-reactive ketones (excluding diaryl/α,β-unsaturated/α-hetero) is 1. The molecule has 0 bridgehead atoms. The first kappa shape index (κ1) is 18.8. The third-order valence-corrected chi connectivity index (χ3v) is 6.68. The average molecular weight is 413 g/mol. The lowest BCUT2D eigenvalue weighted by Crippen LogP contribution is -2.32. The van der Waals surface area contributed by atoms with E-state index >= 15 is 0 Å². The molecule has 1 saturated carbocycles. The van der Waals surface area contributed by atoms with Crippen LogP contribution in [0.4, 0.5) is 5.13 Å². The molecule has 1 fully saturated rings. The number of hydrogen-bond acceptors (Lipinski definition) is 6. The van der Waals surface area contributed by atoms with Gasteiger partial charge in [-0.1, -0.05) is 29.5 Å². The number of thiophene rings is 1. The van der Waals surface area contributed by atoms with Gasteiger partial charge in [0.15, 0.2) is 10.9 Å². The lowest BCUT2D eigenvalue weighted by Gasteiger charge is -2.18. The van der Waals surface area contributed by atoms with Crippen molar-refractivity contribution in [2.75, 3.05) is 4.90 Å². The molecule has 28 heavy (non-hydrogen) atoms. The summed E-state index contributed by atoms with van der Waals surface area (Å²) >= 11 is 2.72. The number of carbonyl (C=O) groups excluding carboxylic acids is 2. The van der Waals surface area contributed by atoms with Crippen LogP contribution in [0.1, 0.15) is 50.4 Å². The van der Waals surface area contributed by atoms with Crippen LogP contribution < -0.4 is 9.64 Å². The molecule has 0 spiro atoms. The summed E-state index contributed by atoms with van der Waals surface area (Å²) in [5, 5.41) is 2.57. The molecule has 4 rings (SSSR count). The van der Waals surface area contributed by atoms with Gasteiger partial charge in [-0.05, 0) is 43.3 Å². The van der Waals surface area contributed by atoms with Crippen LogP contribution in [-0.4, -0.2) is 22.7 Å². The van der Waals surface area contributed by atoms with E-state index in [2.05, 4.69) is 4.98 Å². The van der Waals surface area contributed by atoms with E-state index in [4.69, 9.17) is 4.74 Å². The number of nitrogens with zero attached hydrogens (tertiary/aromatic N) is 2. The summed E-state index contributed by atoms with van der Waals surface area (Å²) in [6, 6.07) is 11.7. The van der Waals surface area contributed by atoms with Crippen LogP contribution in [0.2, 0.25) is 0 Å². The number of aryl methyl sites for hydroxylation is 1. The number of ketones is 1. The first-order chi connectivity index (χ1) is 13.5. The number of hydrogen-bond donors (Lipinski definition) is 0. The van der Waals surface area contributed by atoms with Crippen LogP contribution in [-0.2, 0) is 6.61 Å². The number of benzene rings is 1. The van der Waals surface area contributed by atoms with Crippen molar-refractivity contribution < 1.29 is 14.3 Å². The van der Waals surface area contributed by atoms with Crippen molar-refractivity contribution >= 4 is 39.5 Å². The van der Waals surface area contributed by atoms with Crippen LogP contribution >= 0.6 is 22.7 Å². The normalized spacial score (nSPS) is 13.4. The fraction of sp³-hybridized carbons (Fsp3) is 0.286. The number of thiazole rings is 1. The predicted octanol–water partition coefficient (Wildman–Crippen LogP) is 5.10. The predicted molar refractivity (Wildman–Crippen MR) is 112 cm³/mol. The molecule has 0 saturated heterocycles. The van der Waals surface area contributed by atoms with E-state index in [0.717, 1.165) is 24.2 Å². The van der Waals surface area contributed by atoms with Gasteiger partial charge in [-0.25, -0.2) is 4.98 Å². The molecule has 0 radical (unpaired) electrons. The van der Waals surface area contributed by atoms with Crippen molar-refractivity contribution in [2.45, 2.75) is 39.3 Å². The second-order valence-electron chi connectivity index (χ2n) is 6.79. The Morgan fingerprint density at radius 2 is 2.00 bits per heavy atom. The minimum Gasteiger partial charge on any atom is -0.489 e. The second kappa shape index (κ2) is 7.85. The molecule has 1 amide bonds. The van der Waals surface area contributed by atoms with E-state index in [0.29, 0.717) is 27.2 Å². The monoisotopic (exact) mass is 412 g/mol. The molecule has 5 nitrogen and oxygen atoms in total. The highest BCUT2D eigenvalue weighted by atomic mass is 32.1. The van der Waals surface area contributed by atoms with E-state index in [1.54, 1.807) is 4.90 Å². The molecule has 2 aromatic heterocycles. The molecule has 0 unspecified atom stereocenters. The first-order valence-corrected chi connectivity index (χ1v) is 10.8. The summed E-state index contributed by atoms with van der Waals surface area (Å²) in [6.07, 6.45) is 1.93. The highest BCUT2D eigenvalue weighted by Crippen LogP contribution is 2.37. The largest absolute Gasteiger partial charge is 0.489 e. The smallest absolute Gasteiger partial charge is 0.270 e. The van der Waals surface area contributed by atoms with Gasteiger partial charge in [-0.15, -0.1) is 11.3 Å². The molecule has 1 aliphatic carbocycles. The van der Waals surface area contributed by atoms with Gasteiger partial charge in [0.25, 0.3) is 5.91 Å². The second-order valence-corrected chi connectivity index (χ2v) is 8.68. The van der Waals surface area contributed by atoms with Crippen molar-refractivity contribution in [1.29, 1.82) is 0 Å². The molecular formula is C21H20N2O3S2. The Hall–Kier alpha value is -2.51. The quantitative estimate of drug-likeness (QED) is 0.506. The SMILES string of the molecule is CC(=O)c1sc(N(C(=O)c2cc(COc3ccccc3)cs2)C2CC2)nc1C. The fourth-order valence-corrected chi connectivity index (χ4v) is 4.78. The molecule has 0 atom stereocenters. The summed E-state index contributed by atoms with van der Waals surface area (Å²) in [5.41, 5.74) is 1.65. The zero-order valence-electron chi connectivity index (χ0n) is 15.7. The van der Waals surface area contributed by atoms with Gasteiger partial charge < -0.3 is 4.74 Å². The van der Waals surface area contributed by atoms with Gasteiger partial charge in [0.1, 0.15) is 12.4 Å². The molecule has 2 heterocycles. The number of para-hydroxylation sites is 1. The first-order valence-electron chi connectivity index (χ1n) is 9.10. The summed E-state index contributed by atoms with van der Waals surface area (Å²) in [7, 11) is 0. The minimum absolute atomic E-state index is 0.0130. The van der Waals surface area contributed by atoms with Crippen molar-refractivity contribution in [3.8, 4) is 5.75 Å². The molecule has 7 heteroatoms. The zero-order valence-corrected chi connectivity index (χ0v) is 17.3. The molecule has 1 aliphatic rings. The highest BCUT2D eigenvalue weighted by Gasteiger charge is 2.37. The van der Waals surface area contributed by atoms with E-state index in [-0.39, 0.29) is 17.7 Å². The molecule has 0 N–H and O–H groups in total. The maximum Gasteiger partial charge on any atom is 0.270 e. The summed E-state index contributed by atoms with van der Waals surface area (Å²) < 4.78 is 5.77. The van der Waals surface area contributed by atoms with E-state index < -0.39 is 0 Å². The van der Waals surface area contributed by atoms with E-state index in [1.165, 1.54) is 29.6 Å². The molecule has 0 aliphatic heterocycles. The summed E-state index contributed by atoms with van der Waals surface area (Å²) in [4.78, 5) is 32.5. The van der Waals surface area contributed by atoms with Crippen molar-refractivity contribution in [1.82, 2.24) is 4.98 Å². The Balaban J connectivity index is 1.51. The van der Waals surface area contributed by atoms with Crippen LogP contribution in [0.5, 0.6) is 5.75 Å². The van der Waals surface area contributed by atoms with Crippen LogP contribution in [0.3, 0.4) is 0 Å². The van der Waals surface area contributed by atoms with Crippen LogP contribution in [0.25, 0.3) is 0 Å². The van der Waals surface area contributed by atoms with Crippen molar-refractivity contribution in [2.24, 2.45) is 0 Å². The third kappa shape index (κ3) is 4.00. The number of carbonyl (C=O) groups is 2. The van der Waals surface area contributed by atoms with Gasteiger partial charge in [0.2, 0.25) is 0 Å². The standard InChI is InChI=1S/C21H20N2O3S2/c1-13-19(14(2)24)28-21(22-13)23(16-8-9-16)20(25)18-10-15(12-27-18)11-26-17-6-4-3-5-7-17/h3-7,10,12,16H,8-9,11H2,1-2H3. The number of anilines is 1. The van der Waals surface area contributed by atoms with Crippen LogP contribution in [0.15, 0.2) is 41.8 Å². The van der Waals surface area contributed by atoms with Gasteiger partial charge in [-0.3, -0.25) is 14.5 Å². The molecule has 3 aromatic rings. The van der Waals surface area contributed by atoms with Gasteiger partial charge in [0.05, 0.1) is 15.4 Å². The Labute approximate surface area is 171 Å². The number of aromatic nitrogens is 1. The van der Waals surface area contributed by atoms with Gasteiger partial charge in [0, 0.05) is 18.5 Å². The van der Waals surface area contributed by atoms with Gasteiger partial charge >= 0.3 is 0 Å². The van der Waals surface area contributed by atoms with Gasteiger partial charge in [-0.2, -0.15) is 0 Å². The maximum atomic E-state index is 13.2. The van der Waals surface area contributed by atoms with Crippen molar-refractivity contribution in [3.63, 3.8) is 0 Å². The number of rotatable bonds is 7. The Bertz CT molecular complexity index is 1010. The maximum absolute atomic E-state index is 13.2. The number of amides is 1. The Morgan fingerprint density at radius 1 is 1.25 bits per heavy atom. The average Bonchev–Trinajstić information content (AvgIpc) is 3.26. The number of ether oxygens (including phenoxy) is 1. The minimum atomic E-state index is -0.0534. The summed E-state index contributed by atoms with van der Waals surface area (Å²) in [5.74, 6) is 0.736. The Morgan fingerprint density at radius 3 is 2.64 bits per heavy atom. The third-order valence-electron chi connectivity index (χ3n) is 4.46. The van der Waals surface area contributed by atoms with Crippen LogP contribution in [0, 0.1) is 6.92 Å². The van der Waals surface area contributed by atoms with Crippen molar-refractivity contribution in [3.05, 3.63) is 62.8 Å². The molecule has 144 valence electrons.